The third kappa shape index (κ3) is 6.16. The Morgan fingerprint density at radius 1 is 0.659 bits per heavy atom. The van der Waals surface area contributed by atoms with Crippen LogP contribution in [-0.4, -0.2) is 57.3 Å². The molecule has 0 radical (unpaired) electrons. The van der Waals surface area contributed by atoms with Crippen LogP contribution in [0.3, 0.4) is 0 Å². The lowest BCUT2D eigenvalue weighted by atomic mass is 9.88. The lowest BCUT2D eigenvalue weighted by Crippen LogP contribution is -2.53. The lowest BCUT2D eigenvalue weighted by molar-refractivity contribution is -0.139. The van der Waals surface area contributed by atoms with E-state index in [9.17, 15) is 19.8 Å². The van der Waals surface area contributed by atoms with Crippen LogP contribution < -0.4 is 9.80 Å². The van der Waals surface area contributed by atoms with E-state index in [-0.39, 0.29) is 17.9 Å². The number of nitrogens with one attached hydrogen (secondary N) is 2. The van der Waals surface area contributed by atoms with Crippen LogP contribution in [0.4, 0.5) is 11.4 Å². The standard InChI is InChI=1S/C36H42N4O4/c1-22(2)34(23(3)4)40(33(36(43)44)19-25-21-38-31-13-9-7-11-29(25)31)27-16-14-26(15-17-27)39(5)32(35(41)42)18-24-20-37-30-12-8-6-10-28(24)30/h6-17,20-23,32-34,37-38H,18-19H2,1-5H3,(H,41,42)(H,43,44)/t32-,33-/m0/s1. The first kappa shape index (κ1) is 30.7. The Hall–Kier alpha value is -4.72. The molecule has 0 aliphatic heterocycles. The summed E-state index contributed by atoms with van der Waals surface area (Å²) in [5.74, 6) is -1.41. The zero-order valence-corrected chi connectivity index (χ0v) is 26.0. The number of carboxylic acid groups (broad SMARTS) is 2. The predicted octanol–water partition coefficient (Wildman–Crippen LogP) is 6.96. The first-order valence-electron chi connectivity index (χ1n) is 15.2. The molecule has 0 aliphatic carbocycles. The van der Waals surface area contributed by atoms with Crippen molar-refractivity contribution in [1.82, 2.24) is 9.97 Å². The first-order chi connectivity index (χ1) is 21.1. The number of H-pyrrole nitrogens is 2. The monoisotopic (exact) mass is 594 g/mol. The SMILES string of the molecule is CC(C)C(C(C)C)N(c1ccc(N(C)[C@@H](Cc2c[nH]c3ccccc23)C(=O)O)cc1)[C@@H](Cc1c[nH]c2ccccc12)C(=O)O. The summed E-state index contributed by atoms with van der Waals surface area (Å²) in [4.78, 5) is 35.8. The van der Waals surface area contributed by atoms with Crippen molar-refractivity contribution in [2.75, 3.05) is 16.8 Å². The Balaban J connectivity index is 1.47. The highest BCUT2D eigenvalue weighted by molar-refractivity contribution is 5.87. The van der Waals surface area contributed by atoms with E-state index < -0.39 is 24.0 Å². The van der Waals surface area contributed by atoms with Crippen molar-refractivity contribution in [3.05, 3.63) is 96.3 Å². The highest BCUT2D eigenvalue weighted by Gasteiger charge is 2.36. The Bertz CT molecular complexity index is 1730. The highest BCUT2D eigenvalue weighted by atomic mass is 16.4. The third-order valence-corrected chi connectivity index (χ3v) is 8.79. The zero-order chi connectivity index (χ0) is 31.5. The molecule has 230 valence electrons. The van der Waals surface area contributed by atoms with Gasteiger partial charge in [-0.3, -0.25) is 0 Å². The van der Waals surface area contributed by atoms with Gasteiger partial charge in [0.05, 0.1) is 0 Å². The Kier molecular flexibility index (Phi) is 8.99. The molecular formula is C36H42N4O4. The second kappa shape index (κ2) is 12.9. The van der Waals surface area contributed by atoms with Gasteiger partial charge >= 0.3 is 11.9 Å². The van der Waals surface area contributed by atoms with Gasteiger partial charge in [0, 0.05) is 71.5 Å². The number of hydrogen-bond donors (Lipinski definition) is 4. The summed E-state index contributed by atoms with van der Waals surface area (Å²) in [6.07, 6.45) is 4.46. The fourth-order valence-electron chi connectivity index (χ4n) is 6.72. The van der Waals surface area contributed by atoms with Gasteiger partial charge in [-0.05, 0) is 59.4 Å². The molecule has 2 atom stereocenters. The number of hydrogen-bond acceptors (Lipinski definition) is 4. The summed E-state index contributed by atoms with van der Waals surface area (Å²) < 4.78 is 0. The van der Waals surface area contributed by atoms with Crippen LogP contribution in [-0.2, 0) is 22.4 Å². The van der Waals surface area contributed by atoms with E-state index in [2.05, 4.69) is 42.6 Å². The van der Waals surface area contributed by atoms with Crippen LogP contribution in [0.2, 0.25) is 0 Å². The van der Waals surface area contributed by atoms with Gasteiger partial charge in [-0.1, -0.05) is 64.1 Å². The van der Waals surface area contributed by atoms with Gasteiger partial charge in [-0.25, -0.2) is 9.59 Å². The van der Waals surface area contributed by atoms with E-state index in [0.717, 1.165) is 44.3 Å². The van der Waals surface area contributed by atoms with E-state index in [1.807, 2.05) is 85.2 Å². The first-order valence-corrected chi connectivity index (χ1v) is 15.2. The van der Waals surface area contributed by atoms with Gasteiger partial charge in [-0.15, -0.1) is 0 Å². The largest absolute Gasteiger partial charge is 0.480 e. The molecule has 8 heteroatoms. The lowest BCUT2D eigenvalue weighted by Gasteiger charge is -2.42. The summed E-state index contributed by atoms with van der Waals surface area (Å²) in [7, 11) is 1.79. The van der Waals surface area contributed by atoms with Crippen molar-refractivity contribution in [2.24, 2.45) is 11.8 Å². The molecule has 0 unspecified atom stereocenters. The zero-order valence-electron chi connectivity index (χ0n) is 26.0. The van der Waals surface area contributed by atoms with Crippen molar-refractivity contribution in [3.63, 3.8) is 0 Å². The minimum Gasteiger partial charge on any atom is -0.480 e. The van der Waals surface area contributed by atoms with Crippen LogP contribution >= 0.6 is 0 Å². The molecule has 0 spiro atoms. The summed E-state index contributed by atoms with van der Waals surface area (Å²) in [5.41, 5.74) is 5.41. The Morgan fingerprint density at radius 3 is 1.55 bits per heavy atom. The molecule has 3 aromatic carbocycles. The van der Waals surface area contributed by atoms with Crippen LogP contribution in [0.15, 0.2) is 85.2 Å². The molecule has 5 aromatic rings. The van der Waals surface area contributed by atoms with E-state index in [4.69, 9.17) is 0 Å². The molecular weight excluding hydrogens is 552 g/mol. The van der Waals surface area contributed by atoms with Gasteiger partial charge in [0.25, 0.3) is 0 Å². The minimum atomic E-state index is -0.909. The Morgan fingerprint density at radius 2 is 1.09 bits per heavy atom. The molecule has 0 amide bonds. The second-order valence-electron chi connectivity index (χ2n) is 12.3. The number of aromatic amines is 2. The number of aliphatic carboxylic acids is 2. The van der Waals surface area contributed by atoms with E-state index >= 15 is 0 Å². The van der Waals surface area contributed by atoms with Crippen LogP contribution in [0.25, 0.3) is 21.8 Å². The maximum Gasteiger partial charge on any atom is 0.326 e. The number of aromatic nitrogens is 2. The molecule has 44 heavy (non-hydrogen) atoms. The van der Waals surface area contributed by atoms with Gasteiger partial charge in [-0.2, -0.15) is 0 Å². The molecule has 4 N–H and O–H groups in total. The van der Waals surface area contributed by atoms with Crippen molar-refractivity contribution in [1.29, 1.82) is 0 Å². The Labute approximate surface area is 258 Å². The second-order valence-corrected chi connectivity index (χ2v) is 12.3. The predicted molar refractivity (Wildman–Crippen MR) is 178 cm³/mol. The number of carbonyl (C=O) groups is 2. The van der Waals surface area contributed by atoms with Crippen LogP contribution in [0.1, 0.15) is 38.8 Å². The molecule has 2 heterocycles. The molecule has 8 nitrogen and oxygen atoms in total. The minimum absolute atomic E-state index is 0.0430. The van der Waals surface area contributed by atoms with Crippen molar-refractivity contribution >= 4 is 45.1 Å². The summed E-state index contributed by atoms with van der Waals surface area (Å²) in [6.45, 7) is 8.53. The van der Waals surface area contributed by atoms with Gasteiger partial charge in [0.15, 0.2) is 0 Å². The van der Waals surface area contributed by atoms with E-state index in [1.54, 1.807) is 11.9 Å². The van der Waals surface area contributed by atoms with Gasteiger partial charge in [0.2, 0.25) is 0 Å². The third-order valence-electron chi connectivity index (χ3n) is 8.79. The molecule has 0 saturated carbocycles. The number of para-hydroxylation sites is 2. The van der Waals surface area contributed by atoms with Crippen molar-refractivity contribution in [2.45, 2.75) is 58.7 Å². The number of rotatable bonds is 13. The highest BCUT2D eigenvalue weighted by Crippen LogP contribution is 2.33. The molecule has 0 aliphatic rings. The summed E-state index contributed by atoms with van der Waals surface area (Å²) >= 11 is 0. The number of fused-ring (bicyclic) bond motifs is 2. The topological polar surface area (TPSA) is 113 Å². The quantitative estimate of drug-likeness (QED) is 0.117. The number of anilines is 2. The van der Waals surface area contributed by atoms with Gasteiger partial charge < -0.3 is 30.0 Å². The smallest absolute Gasteiger partial charge is 0.326 e. The number of carboxylic acids is 2. The number of benzene rings is 3. The molecule has 0 saturated heterocycles. The van der Waals surface area contributed by atoms with E-state index in [0.29, 0.717) is 12.8 Å². The fourth-order valence-corrected chi connectivity index (χ4v) is 6.72. The molecule has 2 aromatic heterocycles. The van der Waals surface area contributed by atoms with Crippen LogP contribution in [0.5, 0.6) is 0 Å². The summed E-state index contributed by atoms with van der Waals surface area (Å²) in [5, 5.41) is 22.9. The van der Waals surface area contributed by atoms with E-state index in [1.165, 1.54) is 0 Å². The van der Waals surface area contributed by atoms with Gasteiger partial charge in [0.1, 0.15) is 12.1 Å². The van der Waals surface area contributed by atoms with Crippen molar-refractivity contribution < 1.29 is 19.8 Å². The maximum absolute atomic E-state index is 13.0. The molecule has 5 rings (SSSR count). The fraction of sp³-hybridized carbons (Fsp3) is 0.333. The average Bonchev–Trinajstić information content (AvgIpc) is 3.60. The molecule has 0 fully saturated rings. The summed E-state index contributed by atoms with van der Waals surface area (Å²) in [6, 6.07) is 21.9. The van der Waals surface area contributed by atoms with Crippen molar-refractivity contribution in [3.8, 4) is 0 Å². The molecule has 0 bridgehead atoms. The average molecular weight is 595 g/mol. The number of likely N-dealkylation sites (N-methyl/N-ethyl adjacent to an activating group) is 1. The maximum atomic E-state index is 13.0. The normalized spacial score (nSPS) is 13.2. The van der Waals surface area contributed by atoms with Crippen LogP contribution in [0, 0.1) is 11.8 Å². The number of nitrogens with zero attached hydrogens (tertiary/aromatic N) is 2.